The molecule has 2 aromatic carbocycles. The Hall–Kier alpha value is -3.45. The standard InChI is InChI=1S/C25H28N4O2S/c1-5-15-26-20-11-7-19(8-12-20)24-28-22(18-9-13-21(31-4)14-10-18)23(29-24)25(30)27-17(3)32-16-6-2/h6-14,16,26H,3,5,15H2,1-2,4H3,(H,27,30)(H,28,29)/b16-6-. The summed E-state index contributed by atoms with van der Waals surface area (Å²) in [6.45, 7) is 8.86. The van der Waals surface area contributed by atoms with E-state index in [0.717, 1.165) is 35.5 Å². The number of amides is 1. The van der Waals surface area contributed by atoms with E-state index in [4.69, 9.17) is 9.72 Å². The summed E-state index contributed by atoms with van der Waals surface area (Å²) >= 11 is 1.35. The predicted molar refractivity (Wildman–Crippen MR) is 134 cm³/mol. The first-order valence-corrected chi connectivity index (χ1v) is 11.3. The van der Waals surface area contributed by atoms with Crippen LogP contribution in [0.25, 0.3) is 22.6 Å². The number of thioether (sulfide) groups is 1. The lowest BCUT2D eigenvalue weighted by Crippen LogP contribution is -2.21. The number of aromatic nitrogens is 2. The number of nitrogens with one attached hydrogen (secondary N) is 3. The molecular weight excluding hydrogens is 420 g/mol. The Morgan fingerprint density at radius 3 is 2.47 bits per heavy atom. The molecule has 0 radical (unpaired) electrons. The van der Waals surface area contributed by atoms with Crippen LogP contribution in [0.4, 0.5) is 5.69 Å². The first kappa shape index (κ1) is 23.2. The monoisotopic (exact) mass is 448 g/mol. The molecule has 166 valence electrons. The zero-order valence-electron chi connectivity index (χ0n) is 18.6. The fourth-order valence-electron chi connectivity index (χ4n) is 3.02. The quantitative estimate of drug-likeness (QED) is 0.352. The molecule has 0 saturated heterocycles. The molecule has 0 fully saturated rings. The molecular formula is C25H28N4O2S. The average molecular weight is 449 g/mol. The maximum Gasteiger partial charge on any atom is 0.274 e. The van der Waals surface area contributed by atoms with Gasteiger partial charge in [-0.05, 0) is 67.3 Å². The van der Waals surface area contributed by atoms with Gasteiger partial charge in [-0.15, -0.1) is 0 Å². The molecule has 0 atom stereocenters. The number of carbonyl (C=O) groups is 1. The van der Waals surface area contributed by atoms with Crippen LogP contribution in [-0.2, 0) is 0 Å². The minimum absolute atomic E-state index is 0.294. The zero-order chi connectivity index (χ0) is 22.9. The van der Waals surface area contributed by atoms with Gasteiger partial charge in [0.2, 0.25) is 0 Å². The molecule has 3 aromatic rings. The summed E-state index contributed by atoms with van der Waals surface area (Å²) in [7, 11) is 1.62. The van der Waals surface area contributed by atoms with Crippen molar-refractivity contribution in [3.63, 3.8) is 0 Å². The fraction of sp³-hybridized carbons (Fsp3) is 0.200. The van der Waals surface area contributed by atoms with Gasteiger partial charge in [-0.2, -0.15) is 0 Å². The van der Waals surface area contributed by atoms with E-state index in [1.807, 2.05) is 66.9 Å². The normalized spacial score (nSPS) is 10.8. The van der Waals surface area contributed by atoms with E-state index >= 15 is 0 Å². The van der Waals surface area contributed by atoms with E-state index in [-0.39, 0.29) is 5.91 Å². The summed E-state index contributed by atoms with van der Waals surface area (Å²) < 4.78 is 5.25. The number of imidazole rings is 1. The van der Waals surface area contributed by atoms with Crippen LogP contribution in [0.15, 0.2) is 71.6 Å². The number of hydrogen-bond donors (Lipinski definition) is 3. The highest BCUT2D eigenvalue weighted by atomic mass is 32.2. The Morgan fingerprint density at radius 2 is 1.84 bits per heavy atom. The largest absolute Gasteiger partial charge is 0.497 e. The molecule has 7 heteroatoms. The van der Waals surface area contributed by atoms with Crippen molar-refractivity contribution in [3.05, 3.63) is 77.3 Å². The third-order valence-electron chi connectivity index (χ3n) is 4.63. The number of methoxy groups -OCH3 is 1. The Kier molecular flexibility index (Phi) is 8.16. The average Bonchev–Trinajstić information content (AvgIpc) is 3.27. The summed E-state index contributed by atoms with van der Waals surface area (Å²) in [5, 5.41) is 8.59. The highest BCUT2D eigenvalue weighted by Gasteiger charge is 2.20. The van der Waals surface area contributed by atoms with Crippen LogP contribution < -0.4 is 15.4 Å². The molecule has 3 N–H and O–H groups in total. The number of H-pyrrole nitrogens is 1. The van der Waals surface area contributed by atoms with Gasteiger partial charge in [-0.1, -0.05) is 31.3 Å². The molecule has 0 aliphatic carbocycles. The Labute approximate surface area is 193 Å². The third kappa shape index (κ3) is 5.82. The van der Waals surface area contributed by atoms with E-state index in [2.05, 4.69) is 29.1 Å². The lowest BCUT2D eigenvalue weighted by atomic mass is 10.1. The second-order valence-electron chi connectivity index (χ2n) is 7.01. The first-order valence-electron chi connectivity index (χ1n) is 10.4. The van der Waals surface area contributed by atoms with Crippen molar-refractivity contribution in [2.45, 2.75) is 20.3 Å². The molecule has 0 bridgehead atoms. The number of nitrogens with zero attached hydrogens (tertiary/aromatic N) is 1. The van der Waals surface area contributed by atoms with Crippen molar-refractivity contribution in [1.82, 2.24) is 15.3 Å². The lowest BCUT2D eigenvalue weighted by Gasteiger charge is -2.07. The second-order valence-corrected chi connectivity index (χ2v) is 8.01. The molecule has 1 aromatic heterocycles. The van der Waals surface area contributed by atoms with Crippen LogP contribution in [0.2, 0.25) is 0 Å². The van der Waals surface area contributed by atoms with E-state index < -0.39 is 0 Å². The minimum atomic E-state index is -0.294. The minimum Gasteiger partial charge on any atom is -0.497 e. The van der Waals surface area contributed by atoms with Gasteiger partial charge in [0, 0.05) is 23.4 Å². The van der Waals surface area contributed by atoms with Crippen molar-refractivity contribution in [1.29, 1.82) is 0 Å². The van der Waals surface area contributed by atoms with Crippen molar-refractivity contribution < 1.29 is 9.53 Å². The molecule has 3 rings (SSSR count). The van der Waals surface area contributed by atoms with Crippen molar-refractivity contribution >= 4 is 23.4 Å². The van der Waals surface area contributed by atoms with Gasteiger partial charge in [0.25, 0.3) is 5.91 Å². The number of anilines is 1. The van der Waals surface area contributed by atoms with Gasteiger partial charge < -0.3 is 20.4 Å². The second kappa shape index (κ2) is 11.2. The van der Waals surface area contributed by atoms with Crippen molar-refractivity contribution in [3.8, 4) is 28.4 Å². The van der Waals surface area contributed by atoms with Crippen molar-refractivity contribution in [2.24, 2.45) is 0 Å². The molecule has 1 amide bonds. The summed E-state index contributed by atoms with van der Waals surface area (Å²) in [5.41, 5.74) is 3.69. The zero-order valence-corrected chi connectivity index (χ0v) is 19.4. The maximum atomic E-state index is 13.0. The number of hydrogen-bond acceptors (Lipinski definition) is 5. The molecule has 0 spiro atoms. The van der Waals surface area contributed by atoms with E-state index in [0.29, 0.717) is 22.2 Å². The molecule has 0 aliphatic rings. The third-order valence-corrected chi connectivity index (χ3v) is 5.43. The molecule has 0 saturated carbocycles. The fourth-order valence-corrected chi connectivity index (χ4v) is 3.47. The molecule has 0 aliphatic heterocycles. The molecule has 1 heterocycles. The lowest BCUT2D eigenvalue weighted by molar-refractivity contribution is 0.0965. The Bertz CT molecular complexity index is 1090. The van der Waals surface area contributed by atoms with Crippen LogP contribution >= 0.6 is 11.8 Å². The Balaban J connectivity index is 1.95. The maximum absolute atomic E-state index is 13.0. The summed E-state index contributed by atoms with van der Waals surface area (Å²) in [4.78, 5) is 21.0. The molecule has 6 nitrogen and oxygen atoms in total. The van der Waals surface area contributed by atoms with Crippen LogP contribution in [0, 0.1) is 0 Å². The van der Waals surface area contributed by atoms with Crippen LogP contribution in [0.1, 0.15) is 30.8 Å². The number of carbonyl (C=O) groups excluding carboxylic acids is 1. The topological polar surface area (TPSA) is 79.0 Å². The van der Waals surface area contributed by atoms with Crippen LogP contribution in [-0.4, -0.2) is 29.5 Å². The molecule has 32 heavy (non-hydrogen) atoms. The van der Waals surface area contributed by atoms with E-state index in [1.165, 1.54) is 11.8 Å². The predicted octanol–water partition coefficient (Wildman–Crippen LogP) is 6.04. The van der Waals surface area contributed by atoms with Crippen LogP contribution in [0.3, 0.4) is 0 Å². The summed E-state index contributed by atoms with van der Waals surface area (Å²) in [5.74, 6) is 1.06. The van der Waals surface area contributed by atoms with Gasteiger partial charge >= 0.3 is 0 Å². The number of benzene rings is 2. The smallest absolute Gasteiger partial charge is 0.274 e. The number of aromatic amines is 1. The highest BCUT2D eigenvalue weighted by molar-refractivity contribution is 8.05. The first-order chi connectivity index (χ1) is 15.5. The van der Waals surface area contributed by atoms with Gasteiger partial charge in [-0.25, -0.2) is 4.98 Å². The van der Waals surface area contributed by atoms with Crippen molar-refractivity contribution in [2.75, 3.05) is 19.0 Å². The van der Waals surface area contributed by atoms with Gasteiger partial charge in [-0.3, -0.25) is 4.79 Å². The van der Waals surface area contributed by atoms with Gasteiger partial charge in [0.1, 0.15) is 23.0 Å². The number of allylic oxidation sites excluding steroid dienone is 1. The van der Waals surface area contributed by atoms with E-state index in [9.17, 15) is 4.79 Å². The number of rotatable bonds is 10. The Morgan fingerprint density at radius 1 is 1.16 bits per heavy atom. The summed E-state index contributed by atoms with van der Waals surface area (Å²) in [6.07, 6.45) is 2.94. The number of ether oxygens (including phenoxy) is 1. The molecule has 0 unspecified atom stereocenters. The SMILES string of the molecule is C=C(NC(=O)c1[nH]c(-c2ccc(NCCC)cc2)nc1-c1ccc(OC)cc1)S/C=C\C. The van der Waals surface area contributed by atoms with Gasteiger partial charge in [0.05, 0.1) is 12.1 Å². The van der Waals surface area contributed by atoms with Crippen LogP contribution in [0.5, 0.6) is 5.75 Å². The van der Waals surface area contributed by atoms with Gasteiger partial charge in [0.15, 0.2) is 0 Å². The van der Waals surface area contributed by atoms with E-state index in [1.54, 1.807) is 7.11 Å². The summed E-state index contributed by atoms with van der Waals surface area (Å²) in [6, 6.07) is 15.5. The highest BCUT2D eigenvalue weighted by Crippen LogP contribution is 2.29.